The lowest BCUT2D eigenvalue weighted by atomic mass is 9.86. The zero-order valence-corrected chi connectivity index (χ0v) is 13.6. The highest BCUT2D eigenvalue weighted by Gasteiger charge is 2.42. The van der Waals surface area contributed by atoms with Gasteiger partial charge in [-0.3, -0.25) is 4.90 Å². The Morgan fingerprint density at radius 2 is 2.26 bits per heavy atom. The van der Waals surface area contributed by atoms with Gasteiger partial charge in [-0.2, -0.15) is 11.8 Å². The second-order valence-electron chi connectivity index (χ2n) is 6.91. The van der Waals surface area contributed by atoms with Crippen LogP contribution in [0.3, 0.4) is 0 Å². The van der Waals surface area contributed by atoms with E-state index in [0.717, 1.165) is 26.2 Å². The Morgan fingerprint density at radius 3 is 2.84 bits per heavy atom. The maximum atomic E-state index is 6.14. The monoisotopic (exact) mass is 286 g/mol. The molecule has 3 nitrogen and oxygen atoms in total. The van der Waals surface area contributed by atoms with Crippen LogP contribution in [0.5, 0.6) is 0 Å². The Hall–Kier alpha value is 0.230. The molecular formula is C15H30N2OS. The van der Waals surface area contributed by atoms with Crippen LogP contribution < -0.4 is 5.73 Å². The highest BCUT2D eigenvalue weighted by molar-refractivity contribution is 7.99. The maximum absolute atomic E-state index is 6.14. The molecule has 2 N–H and O–H groups in total. The van der Waals surface area contributed by atoms with Gasteiger partial charge in [0, 0.05) is 24.9 Å². The van der Waals surface area contributed by atoms with Crippen molar-refractivity contribution in [2.45, 2.75) is 51.7 Å². The second kappa shape index (κ2) is 6.33. The standard InChI is InChI=1S/C15H30N2OS/c1-4-17(11-14(2,3)10-16)13-5-7-18-15(9-13)6-8-19-12-15/h13H,4-12,16H2,1-3H3. The fourth-order valence-corrected chi connectivity index (χ4v) is 4.67. The van der Waals surface area contributed by atoms with Crippen molar-refractivity contribution < 1.29 is 4.74 Å². The summed E-state index contributed by atoms with van der Waals surface area (Å²) in [5, 5.41) is 0. The number of hydrogen-bond acceptors (Lipinski definition) is 4. The number of nitrogens with two attached hydrogens (primary N) is 1. The molecule has 2 fully saturated rings. The van der Waals surface area contributed by atoms with Crippen molar-refractivity contribution in [2.24, 2.45) is 11.1 Å². The van der Waals surface area contributed by atoms with E-state index in [2.05, 4.69) is 37.4 Å². The van der Waals surface area contributed by atoms with Gasteiger partial charge in [0.2, 0.25) is 0 Å². The molecule has 0 amide bonds. The summed E-state index contributed by atoms with van der Waals surface area (Å²) in [5.74, 6) is 2.47. The minimum Gasteiger partial charge on any atom is -0.374 e. The molecule has 1 spiro atoms. The molecule has 2 aliphatic rings. The van der Waals surface area contributed by atoms with Crippen LogP contribution in [-0.4, -0.2) is 54.3 Å². The minimum absolute atomic E-state index is 0.188. The van der Waals surface area contributed by atoms with Gasteiger partial charge in [-0.05, 0) is 43.5 Å². The normalized spacial score (nSPS) is 32.4. The molecule has 19 heavy (non-hydrogen) atoms. The number of ether oxygens (including phenoxy) is 1. The van der Waals surface area contributed by atoms with Crippen molar-refractivity contribution in [3.8, 4) is 0 Å². The molecule has 2 aliphatic heterocycles. The predicted octanol–water partition coefficient (Wildman–Crippen LogP) is 2.35. The first-order valence-electron chi connectivity index (χ1n) is 7.66. The van der Waals surface area contributed by atoms with Crippen LogP contribution in [0.2, 0.25) is 0 Å². The lowest BCUT2D eigenvalue weighted by Gasteiger charge is -2.44. The Balaban J connectivity index is 1.98. The molecule has 2 heterocycles. The van der Waals surface area contributed by atoms with E-state index in [1.807, 2.05) is 0 Å². The lowest BCUT2D eigenvalue weighted by Crippen LogP contribution is -2.51. The van der Waals surface area contributed by atoms with Gasteiger partial charge < -0.3 is 10.5 Å². The maximum Gasteiger partial charge on any atom is 0.0795 e. The molecule has 0 aromatic carbocycles. The summed E-state index contributed by atoms with van der Waals surface area (Å²) in [7, 11) is 0. The van der Waals surface area contributed by atoms with Crippen LogP contribution in [0.4, 0.5) is 0 Å². The zero-order chi connectivity index (χ0) is 13.9. The number of rotatable bonds is 5. The van der Waals surface area contributed by atoms with Gasteiger partial charge in [-0.15, -0.1) is 0 Å². The molecule has 2 unspecified atom stereocenters. The van der Waals surface area contributed by atoms with E-state index in [4.69, 9.17) is 10.5 Å². The Labute approximate surface area is 122 Å². The second-order valence-corrected chi connectivity index (χ2v) is 8.02. The van der Waals surface area contributed by atoms with Crippen LogP contribution in [0.1, 0.15) is 40.0 Å². The fourth-order valence-electron chi connectivity index (χ4n) is 3.29. The first-order valence-corrected chi connectivity index (χ1v) is 8.82. The minimum atomic E-state index is 0.188. The van der Waals surface area contributed by atoms with Gasteiger partial charge in [0.25, 0.3) is 0 Å². The molecule has 0 aromatic rings. The van der Waals surface area contributed by atoms with Crippen molar-refractivity contribution in [1.29, 1.82) is 0 Å². The third-order valence-corrected chi connectivity index (χ3v) is 5.86. The predicted molar refractivity (Wildman–Crippen MR) is 83.7 cm³/mol. The van der Waals surface area contributed by atoms with E-state index in [1.165, 1.54) is 30.8 Å². The summed E-state index contributed by atoms with van der Waals surface area (Å²) in [6.07, 6.45) is 3.64. The van der Waals surface area contributed by atoms with Crippen LogP contribution in [0, 0.1) is 5.41 Å². The average Bonchev–Trinajstić information content (AvgIpc) is 2.84. The van der Waals surface area contributed by atoms with Crippen LogP contribution in [-0.2, 0) is 4.74 Å². The summed E-state index contributed by atoms with van der Waals surface area (Å²) in [6.45, 7) is 10.7. The van der Waals surface area contributed by atoms with Crippen molar-refractivity contribution in [2.75, 3.05) is 37.7 Å². The largest absolute Gasteiger partial charge is 0.374 e. The molecule has 0 saturated carbocycles. The summed E-state index contributed by atoms with van der Waals surface area (Å²) in [5.41, 5.74) is 6.30. The topological polar surface area (TPSA) is 38.5 Å². The van der Waals surface area contributed by atoms with Gasteiger partial charge in [0.15, 0.2) is 0 Å². The molecule has 0 aliphatic carbocycles. The summed E-state index contributed by atoms with van der Waals surface area (Å²) in [4.78, 5) is 2.64. The van der Waals surface area contributed by atoms with E-state index in [0.29, 0.717) is 6.04 Å². The first kappa shape index (κ1) is 15.6. The smallest absolute Gasteiger partial charge is 0.0795 e. The van der Waals surface area contributed by atoms with E-state index < -0.39 is 0 Å². The fraction of sp³-hybridized carbons (Fsp3) is 1.00. The molecule has 4 heteroatoms. The molecule has 0 aromatic heterocycles. The Bertz CT molecular complexity index is 290. The molecule has 2 rings (SSSR count). The molecule has 0 bridgehead atoms. The summed E-state index contributed by atoms with van der Waals surface area (Å²) in [6, 6.07) is 0.684. The molecular weight excluding hydrogens is 256 g/mol. The van der Waals surface area contributed by atoms with E-state index >= 15 is 0 Å². The van der Waals surface area contributed by atoms with Crippen molar-refractivity contribution >= 4 is 11.8 Å². The van der Waals surface area contributed by atoms with Gasteiger partial charge in [0.1, 0.15) is 0 Å². The SMILES string of the molecule is CCN(CC(C)(C)CN)C1CCOC2(CCSC2)C1. The number of nitrogens with zero attached hydrogens (tertiary/aromatic N) is 1. The molecule has 112 valence electrons. The molecule has 2 saturated heterocycles. The Morgan fingerprint density at radius 1 is 1.47 bits per heavy atom. The first-order chi connectivity index (χ1) is 9.00. The zero-order valence-electron chi connectivity index (χ0n) is 12.8. The third-order valence-electron chi connectivity index (χ3n) is 4.64. The molecule has 2 atom stereocenters. The summed E-state index contributed by atoms with van der Waals surface area (Å²) < 4.78 is 6.14. The van der Waals surface area contributed by atoms with Crippen LogP contribution >= 0.6 is 11.8 Å². The number of thioether (sulfide) groups is 1. The van der Waals surface area contributed by atoms with Crippen molar-refractivity contribution in [1.82, 2.24) is 4.90 Å². The number of hydrogen-bond donors (Lipinski definition) is 1. The highest BCUT2D eigenvalue weighted by Crippen LogP contribution is 2.39. The van der Waals surface area contributed by atoms with E-state index in [-0.39, 0.29) is 11.0 Å². The van der Waals surface area contributed by atoms with Gasteiger partial charge in [0.05, 0.1) is 5.60 Å². The molecule has 0 radical (unpaired) electrons. The Kier molecular flexibility index (Phi) is 5.21. The van der Waals surface area contributed by atoms with E-state index in [9.17, 15) is 0 Å². The summed E-state index contributed by atoms with van der Waals surface area (Å²) >= 11 is 2.05. The highest BCUT2D eigenvalue weighted by atomic mass is 32.2. The van der Waals surface area contributed by atoms with Gasteiger partial charge >= 0.3 is 0 Å². The van der Waals surface area contributed by atoms with Crippen molar-refractivity contribution in [3.05, 3.63) is 0 Å². The van der Waals surface area contributed by atoms with E-state index in [1.54, 1.807) is 0 Å². The quantitative estimate of drug-likeness (QED) is 0.842. The van der Waals surface area contributed by atoms with Gasteiger partial charge in [-0.1, -0.05) is 20.8 Å². The third kappa shape index (κ3) is 3.87. The van der Waals surface area contributed by atoms with Crippen LogP contribution in [0.25, 0.3) is 0 Å². The lowest BCUT2D eigenvalue weighted by molar-refractivity contribution is -0.0921. The van der Waals surface area contributed by atoms with Crippen molar-refractivity contribution in [3.63, 3.8) is 0 Å². The average molecular weight is 286 g/mol. The van der Waals surface area contributed by atoms with Crippen LogP contribution in [0.15, 0.2) is 0 Å². The van der Waals surface area contributed by atoms with Gasteiger partial charge in [-0.25, -0.2) is 0 Å².